The molecule has 2 heterocycles. The van der Waals surface area contributed by atoms with Crippen LogP contribution >= 0.6 is 22.9 Å². The van der Waals surface area contributed by atoms with Gasteiger partial charge in [0, 0.05) is 12.1 Å². The van der Waals surface area contributed by atoms with Gasteiger partial charge in [0.15, 0.2) is 17.4 Å². The normalized spacial score (nSPS) is 14.6. The Balaban J connectivity index is 1.83. The maximum atomic E-state index is 11.5. The van der Waals surface area contributed by atoms with Gasteiger partial charge in [0.05, 0.1) is 16.0 Å². The fraction of sp³-hybridized carbons (Fsp3) is 0.312. The summed E-state index contributed by atoms with van der Waals surface area (Å²) in [6.45, 7) is -0.541. The van der Waals surface area contributed by atoms with Crippen LogP contribution in [0, 0.1) is 11.3 Å². The number of halogens is 1. The Morgan fingerprint density at radius 1 is 1.48 bits per heavy atom. The highest BCUT2D eigenvalue weighted by Crippen LogP contribution is 2.32. The van der Waals surface area contributed by atoms with Crippen LogP contribution in [-0.4, -0.2) is 39.0 Å². The zero-order chi connectivity index (χ0) is 18.0. The average Bonchev–Trinajstić information content (AvgIpc) is 3.33. The number of Topliss-reactive ketones (excluding diaryl/α,β-unsaturated/α-hetero) is 1. The van der Waals surface area contributed by atoms with E-state index >= 15 is 0 Å². The number of carbonyl (C=O) groups excluding carboxylic acids is 1. The molecule has 0 aromatic carbocycles. The number of aliphatic hydroxyl groups is 1. The summed E-state index contributed by atoms with van der Waals surface area (Å²) in [6, 6.07) is 3.32. The van der Waals surface area contributed by atoms with Gasteiger partial charge in [-0.15, -0.1) is 11.3 Å². The molecule has 1 aliphatic carbocycles. The molecule has 0 saturated heterocycles. The van der Waals surface area contributed by atoms with Crippen molar-refractivity contribution in [1.29, 1.82) is 5.41 Å². The van der Waals surface area contributed by atoms with Gasteiger partial charge in [-0.2, -0.15) is 0 Å². The Bertz CT molecular complexity index is 860. The van der Waals surface area contributed by atoms with Gasteiger partial charge in [-0.05, 0) is 30.9 Å². The molecule has 1 aliphatic rings. The number of hydrogen-bond donors (Lipinski definition) is 3. The predicted molar refractivity (Wildman–Crippen MR) is 98.1 cm³/mol. The lowest BCUT2D eigenvalue weighted by Crippen LogP contribution is -2.17. The molecule has 0 amide bonds. The second-order valence-corrected chi connectivity index (χ2v) is 7.18. The summed E-state index contributed by atoms with van der Waals surface area (Å²) in [4.78, 5) is 25.3. The minimum absolute atomic E-state index is 0.233. The molecule has 3 rings (SSSR count). The van der Waals surface area contributed by atoms with Crippen LogP contribution in [0.4, 0.5) is 5.82 Å². The van der Waals surface area contributed by atoms with Crippen LogP contribution < -0.4 is 5.73 Å². The first-order valence-corrected chi connectivity index (χ1v) is 8.84. The molecule has 0 atom stereocenters. The number of aliphatic imine (C=N–C) groups is 1. The zero-order valence-electron chi connectivity index (χ0n) is 13.2. The molecule has 0 radical (unpaired) electrons. The van der Waals surface area contributed by atoms with E-state index in [1.807, 2.05) is 0 Å². The van der Waals surface area contributed by atoms with Crippen LogP contribution in [0.2, 0.25) is 5.02 Å². The van der Waals surface area contributed by atoms with E-state index in [1.165, 1.54) is 17.5 Å². The molecule has 130 valence electrons. The van der Waals surface area contributed by atoms with E-state index in [-0.39, 0.29) is 22.5 Å². The highest BCUT2D eigenvalue weighted by atomic mass is 35.5. The fourth-order valence-electron chi connectivity index (χ4n) is 2.19. The monoisotopic (exact) mass is 377 g/mol. The number of hydrogen-bond acceptors (Lipinski definition) is 7. The van der Waals surface area contributed by atoms with Crippen molar-refractivity contribution >= 4 is 46.1 Å². The largest absolute Gasteiger partial charge is 0.388 e. The molecule has 9 heteroatoms. The number of nitrogens with one attached hydrogen (secondary N) is 1. The first-order chi connectivity index (χ1) is 12.0. The van der Waals surface area contributed by atoms with Gasteiger partial charge in [-0.1, -0.05) is 11.6 Å². The number of rotatable bonds is 7. The summed E-state index contributed by atoms with van der Waals surface area (Å²) in [6.07, 6.45) is 3.81. The van der Waals surface area contributed by atoms with Gasteiger partial charge in [0.1, 0.15) is 17.5 Å². The number of amidine groups is 1. The summed E-state index contributed by atoms with van der Waals surface area (Å²) in [5.41, 5.74) is 6.49. The van der Waals surface area contributed by atoms with Crippen LogP contribution in [0.1, 0.15) is 28.9 Å². The van der Waals surface area contributed by atoms with Crippen LogP contribution in [0.25, 0.3) is 10.7 Å². The van der Waals surface area contributed by atoms with Crippen LogP contribution in [0.3, 0.4) is 0 Å². The smallest absolute Gasteiger partial charge is 0.198 e. The molecule has 2 aromatic rings. The molecular weight excluding hydrogens is 362 g/mol. The van der Waals surface area contributed by atoms with E-state index in [9.17, 15) is 4.79 Å². The topological polar surface area (TPSA) is 125 Å². The molecule has 0 spiro atoms. The molecule has 7 nitrogen and oxygen atoms in total. The third-order valence-corrected chi connectivity index (χ3v) is 5.05. The molecule has 4 N–H and O–H groups in total. The zero-order valence-corrected chi connectivity index (χ0v) is 14.8. The minimum Gasteiger partial charge on any atom is -0.388 e. The Morgan fingerprint density at radius 2 is 2.24 bits per heavy atom. The lowest BCUT2D eigenvalue weighted by Gasteiger charge is -2.04. The van der Waals surface area contributed by atoms with Gasteiger partial charge in [0.2, 0.25) is 0 Å². The molecule has 25 heavy (non-hydrogen) atoms. The number of aromatic nitrogens is 2. The second kappa shape index (κ2) is 7.38. The van der Waals surface area contributed by atoms with Crippen LogP contribution in [0.5, 0.6) is 0 Å². The third-order valence-electron chi connectivity index (χ3n) is 3.66. The van der Waals surface area contributed by atoms with Crippen molar-refractivity contribution in [3.8, 4) is 10.7 Å². The van der Waals surface area contributed by atoms with E-state index in [4.69, 9.17) is 27.9 Å². The summed E-state index contributed by atoms with van der Waals surface area (Å²) in [5, 5.41) is 17.1. The number of ketones is 1. The van der Waals surface area contributed by atoms with Crippen molar-refractivity contribution in [2.75, 3.05) is 6.61 Å². The van der Waals surface area contributed by atoms with Crippen molar-refractivity contribution < 1.29 is 9.90 Å². The van der Waals surface area contributed by atoms with E-state index < -0.39 is 6.61 Å². The maximum absolute atomic E-state index is 11.5. The van der Waals surface area contributed by atoms with Gasteiger partial charge in [-0.25, -0.2) is 15.0 Å². The highest BCUT2D eigenvalue weighted by molar-refractivity contribution is 7.17. The highest BCUT2D eigenvalue weighted by Gasteiger charge is 2.26. The lowest BCUT2D eigenvalue weighted by atomic mass is 10.2. The van der Waals surface area contributed by atoms with Crippen molar-refractivity contribution in [3.63, 3.8) is 0 Å². The Kier molecular flexibility index (Phi) is 5.22. The summed E-state index contributed by atoms with van der Waals surface area (Å²) in [7, 11) is 0. The Labute approximate surface area is 153 Å². The Morgan fingerprint density at radius 3 is 2.92 bits per heavy atom. The van der Waals surface area contributed by atoms with Crippen molar-refractivity contribution in [2.24, 2.45) is 16.6 Å². The maximum Gasteiger partial charge on any atom is 0.198 e. The molecular formula is C16H16ClN5O2S. The first kappa shape index (κ1) is 17.7. The quantitative estimate of drug-likeness (QED) is 0.388. The molecule has 2 aromatic heterocycles. The van der Waals surface area contributed by atoms with Crippen molar-refractivity contribution in [3.05, 3.63) is 28.2 Å². The number of aliphatic hydroxyl groups excluding tert-OH is 1. The van der Waals surface area contributed by atoms with Gasteiger partial charge >= 0.3 is 0 Å². The fourth-order valence-corrected chi connectivity index (χ4v) is 3.20. The lowest BCUT2D eigenvalue weighted by molar-refractivity contribution is 0.0908. The van der Waals surface area contributed by atoms with Gasteiger partial charge in [-0.3, -0.25) is 4.79 Å². The SMILES string of the molecule is N=C(CC(N)=Nc1nc(-c2ccc(C(=O)CO)s2)ncc1Cl)C1CC1. The van der Waals surface area contributed by atoms with E-state index in [1.54, 1.807) is 12.1 Å². The summed E-state index contributed by atoms with van der Waals surface area (Å²) >= 11 is 7.28. The molecule has 0 bridgehead atoms. The second-order valence-electron chi connectivity index (χ2n) is 5.69. The van der Waals surface area contributed by atoms with Gasteiger partial charge < -0.3 is 16.2 Å². The first-order valence-electron chi connectivity index (χ1n) is 7.65. The summed E-state index contributed by atoms with van der Waals surface area (Å²) < 4.78 is 0. The van der Waals surface area contributed by atoms with E-state index in [0.717, 1.165) is 12.8 Å². The number of nitrogens with zero attached hydrogens (tertiary/aromatic N) is 3. The number of carbonyl (C=O) groups is 1. The molecule has 1 fully saturated rings. The average molecular weight is 378 g/mol. The van der Waals surface area contributed by atoms with Crippen molar-refractivity contribution in [1.82, 2.24) is 9.97 Å². The predicted octanol–water partition coefficient (Wildman–Crippen LogP) is 2.84. The molecule has 0 unspecified atom stereocenters. The van der Waals surface area contributed by atoms with Crippen LogP contribution in [0.15, 0.2) is 23.3 Å². The van der Waals surface area contributed by atoms with Crippen LogP contribution in [-0.2, 0) is 0 Å². The third kappa shape index (κ3) is 4.28. The molecule has 0 aliphatic heterocycles. The number of thiophene rings is 1. The summed E-state index contributed by atoms with van der Waals surface area (Å²) in [5.74, 6) is 0.863. The van der Waals surface area contributed by atoms with Gasteiger partial charge in [0.25, 0.3) is 0 Å². The minimum atomic E-state index is -0.541. The van der Waals surface area contributed by atoms with E-state index in [0.29, 0.717) is 33.6 Å². The Hall–Kier alpha value is -2.16. The van der Waals surface area contributed by atoms with E-state index in [2.05, 4.69) is 15.0 Å². The standard InChI is InChI=1S/C16H16ClN5O2S/c17-9-6-20-16(13-4-3-12(25-13)11(24)7-23)22-15(9)21-14(19)5-10(18)8-1-2-8/h3-4,6,8,18,23H,1-2,5,7H2,(H2,19,20,21,22). The van der Waals surface area contributed by atoms with Crippen molar-refractivity contribution in [2.45, 2.75) is 19.3 Å². The number of nitrogens with two attached hydrogens (primary N) is 1. The molecule has 1 saturated carbocycles.